The van der Waals surface area contributed by atoms with E-state index in [9.17, 15) is 0 Å². The fourth-order valence-electron chi connectivity index (χ4n) is 0.733. The van der Waals surface area contributed by atoms with Gasteiger partial charge in [-0.3, -0.25) is 5.84 Å². The summed E-state index contributed by atoms with van der Waals surface area (Å²) in [6, 6.07) is 7.72. The van der Waals surface area contributed by atoms with E-state index < -0.39 is 0 Å². The van der Waals surface area contributed by atoms with Gasteiger partial charge in [-0.2, -0.15) is 0 Å². The third kappa shape index (κ3) is 1.39. The molecule has 0 aliphatic carbocycles. The van der Waals surface area contributed by atoms with Crippen molar-refractivity contribution in [1.29, 1.82) is 0 Å². The van der Waals surface area contributed by atoms with Gasteiger partial charge in [0.15, 0.2) is 0 Å². The summed E-state index contributed by atoms with van der Waals surface area (Å²) < 4.78 is 0. The number of hydrogen-bond acceptors (Lipinski definition) is 3. The first kappa shape index (κ1) is 6.89. The lowest BCUT2D eigenvalue weighted by atomic mass is 10.3. The van der Waals surface area contributed by atoms with E-state index in [0.717, 1.165) is 11.4 Å². The predicted octanol–water partition coefficient (Wildman–Crippen LogP) is 1.01. The van der Waals surface area contributed by atoms with Crippen LogP contribution in [-0.4, -0.2) is 7.05 Å². The van der Waals surface area contributed by atoms with Crippen LogP contribution in [0.1, 0.15) is 0 Å². The molecule has 0 radical (unpaired) electrons. The Balaban J connectivity index is 2.80. The molecule has 0 aromatic heterocycles. The van der Waals surface area contributed by atoms with Gasteiger partial charge in [0.25, 0.3) is 0 Å². The van der Waals surface area contributed by atoms with Crippen molar-refractivity contribution in [1.82, 2.24) is 0 Å². The SMILES string of the molecule is CNc1ccc(NN)cc1. The zero-order valence-corrected chi connectivity index (χ0v) is 5.89. The van der Waals surface area contributed by atoms with Crippen molar-refractivity contribution in [2.24, 2.45) is 5.84 Å². The van der Waals surface area contributed by atoms with E-state index in [-0.39, 0.29) is 0 Å². The highest BCUT2D eigenvalue weighted by atomic mass is 15.2. The molecule has 1 aromatic rings. The minimum atomic E-state index is 0.916. The van der Waals surface area contributed by atoms with Crippen molar-refractivity contribution < 1.29 is 0 Å². The molecule has 0 amide bonds. The third-order valence-electron chi connectivity index (χ3n) is 1.34. The molecule has 1 aromatic carbocycles. The van der Waals surface area contributed by atoms with E-state index in [2.05, 4.69) is 10.7 Å². The van der Waals surface area contributed by atoms with Crippen molar-refractivity contribution >= 4 is 11.4 Å². The standard InChI is InChI=1S/C7H11N3/c1-9-6-2-4-7(10-8)5-3-6/h2-5,9-10H,8H2,1H3. The topological polar surface area (TPSA) is 50.1 Å². The summed E-state index contributed by atoms with van der Waals surface area (Å²) in [5, 5.41) is 3.01. The van der Waals surface area contributed by atoms with Gasteiger partial charge in [-0.25, -0.2) is 0 Å². The first-order valence-electron chi connectivity index (χ1n) is 3.11. The van der Waals surface area contributed by atoms with Gasteiger partial charge in [-0.15, -0.1) is 0 Å². The van der Waals surface area contributed by atoms with Crippen LogP contribution in [0.4, 0.5) is 11.4 Å². The summed E-state index contributed by atoms with van der Waals surface area (Å²) in [6.07, 6.45) is 0. The molecule has 4 N–H and O–H groups in total. The first-order valence-corrected chi connectivity index (χ1v) is 3.11. The zero-order chi connectivity index (χ0) is 7.40. The minimum absolute atomic E-state index is 0.916. The predicted molar refractivity (Wildman–Crippen MR) is 43.8 cm³/mol. The molecule has 0 heterocycles. The Bertz CT molecular complexity index is 170. The summed E-state index contributed by atoms with van der Waals surface area (Å²) in [4.78, 5) is 0. The Kier molecular flexibility index (Phi) is 2.12. The fraction of sp³-hybridized carbons (Fsp3) is 0.143. The lowest BCUT2D eigenvalue weighted by Gasteiger charge is -2.01. The fourth-order valence-corrected chi connectivity index (χ4v) is 0.733. The highest BCUT2D eigenvalue weighted by molar-refractivity contribution is 5.52. The van der Waals surface area contributed by atoms with Crippen molar-refractivity contribution in [2.45, 2.75) is 0 Å². The molecular weight excluding hydrogens is 126 g/mol. The summed E-state index contributed by atoms with van der Waals surface area (Å²) in [5.74, 6) is 5.17. The maximum atomic E-state index is 5.17. The molecule has 3 heteroatoms. The molecule has 0 spiro atoms. The van der Waals surface area contributed by atoms with E-state index in [0.29, 0.717) is 0 Å². The summed E-state index contributed by atoms with van der Waals surface area (Å²) >= 11 is 0. The third-order valence-corrected chi connectivity index (χ3v) is 1.34. The molecule has 0 aliphatic heterocycles. The van der Waals surface area contributed by atoms with Gasteiger partial charge in [-0.1, -0.05) is 0 Å². The Morgan fingerprint density at radius 1 is 1.10 bits per heavy atom. The smallest absolute Gasteiger partial charge is 0.0486 e. The van der Waals surface area contributed by atoms with Gasteiger partial charge in [0.1, 0.15) is 0 Å². The summed E-state index contributed by atoms with van der Waals surface area (Å²) in [7, 11) is 1.88. The van der Waals surface area contributed by atoms with Gasteiger partial charge >= 0.3 is 0 Å². The van der Waals surface area contributed by atoms with Crippen LogP contribution >= 0.6 is 0 Å². The lowest BCUT2D eigenvalue weighted by Crippen LogP contribution is -2.06. The summed E-state index contributed by atoms with van der Waals surface area (Å²) in [6.45, 7) is 0. The average molecular weight is 137 g/mol. The molecule has 0 fully saturated rings. The lowest BCUT2D eigenvalue weighted by molar-refractivity contribution is 1.35. The Morgan fingerprint density at radius 2 is 1.60 bits per heavy atom. The molecule has 0 bridgehead atoms. The molecule has 54 valence electrons. The maximum absolute atomic E-state index is 5.17. The summed E-state index contributed by atoms with van der Waals surface area (Å²) in [5.41, 5.74) is 4.55. The van der Waals surface area contributed by atoms with Gasteiger partial charge in [0.2, 0.25) is 0 Å². The van der Waals surface area contributed by atoms with Crippen molar-refractivity contribution in [3.8, 4) is 0 Å². The highest BCUT2D eigenvalue weighted by Crippen LogP contribution is 2.10. The van der Waals surface area contributed by atoms with Gasteiger partial charge in [0, 0.05) is 18.4 Å². The van der Waals surface area contributed by atoms with Crippen LogP contribution < -0.4 is 16.6 Å². The molecule has 3 nitrogen and oxygen atoms in total. The molecule has 0 saturated carbocycles. The second-order valence-electron chi connectivity index (χ2n) is 1.97. The van der Waals surface area contributed by atoms with Gasteiger partial charge < -0.3 is 10.7 Å². The number of benzene rings is 1. The number of rotatable bonds is 2. The van der Waals surface area contributed by atoms with E-state index in [1.54, 1.807) is 0 Å². The second-order valence-corrected chi connectivity index (χ2v) is 1.97. The Morgan fingerprint density at radius 3 is 2.00 bits per heavy atom. The highest BCUT2D eigenvalue weighted by Gasteiger charge is 1.87. The zero-order valence-electron chi connectivity index (χ0n) is 5.89. The number of nitrogens with two attached hydrogens (primary N) is 1. The first-order chi connectivity index (χ1) is 4.86. The van der Waals surface area contributed by atoms with Crippen LogP contribution in [0.15, 0.2) is 24.3 Å². The monoisotopic (exact) mass is 137 g/mol. The molecular formula is C7H11N3. The number of hydrogen-bond donors (Lipinski definition) is 3. The van der Waals surface area contributed by atoms with Crippen molar-refractivity contribution in [3.63, 3.8) is 0 Å². The molecule has 0 atom stereocenters. The van der Waals surface area contributed by atoms with Crippen LogP contribution in [0, 0.1) is 0 Å². The Hall–Kier alpha value is -1.22. The number of anilines is 2. The molecule has 0 unspecified atom stereocenters. The molecule has 0 aliphatic rings. The van der Waals surface area contributed by atoms with Crippen LogP contribution in [0.2, 0.25) is 0 Å². The van der Waals surface area contributed by atoms with E-state index in [4.69, 9.17) is 5.84 Å². The largest absolute Gasteiger partial charge is 0.388 e. The van der Waals surface area contributed by atoms with Crippen LogP contribution in [0.3, 0.4) is 0 Å². The number of hydrazine groups is 1. The molecule has 1 rings (SSSR count). The van der Waals surface area contributed by atoms with Crippen molar-refractivity contribution in [2.75, 3.05) is 17.8 Å². The number of nitrogens with one attached hydrogen (secondary N) is 2. The minimum Gasteiger partial charge on any atom is -0.388 e. The van der Waals surface area contributed by atoms with E-state index >= 15 is 0 Å². The molecule has 10 heavy (non-hydrogen) atoms. The van der Waals surface area contributed by atoms with E-state index in [1.807, 2.05) is 31.3 Å². The number of nitrogen functional groups attached to an aromatic ring is 1. The molecule has 0 saturated heterocycles. The van der Waals surface area contributed by atoms with Crippen LogP contribution in [0.5, 0.6) is 0 Å². The van der Waals surface area contributed by atoms with Gasteiger partial charge in [-0.05, 0) is 24.3 Å². The van der Waals surface area contributed by atoms with Crippen molar-refractivity contribution in [3.05, 3.63) is 24.3 Å². The Labute approximate surface area is 60.2 Å². The van der Waals surface area contributed by atoms with Crippen LogP contribution in [0.25, 0.3) is 0 Å². The normalized spacial score (nSPS) is 9.00. The second kappa shape index (κ2) is 3.08. The maximum Gasteiger partial charge on any atom is 0.0486 e. The van der Waals surface area contributed by atoms with E-state index in [1.165, 1.54) is 0 Å². The van der Waals surface area contributed by atoms with Crippen LogP contribution in [-0.2, 0) is 0 Å². The average Bonchev–Trinajstić information content (AvgIpc) is 2.05. The quantitative estimate of drug-likeness (QED) is 0.421. The van der Waals surface area contributed by atoms with Gasteiger partial charge in [0.05, 0.1) is 0 Å².